The van der Waals surface area contributed by atoms with Crippen LogP contribution in [0.2, 0.25) is 5.02 Å². The van der Waals surface area contributed by atoms with Crippen molar-refractivity contribution in [1.82, 2.24) is 34.7 Å². The number of piperazine rings is 2. The third kappa shape index (κ3) is 5.50. The molecule has 2 aliphatic heterocycles. The van der Waals surface area contributed by atoms with Crippen LogP contribution in [0, 0.1) is 5.82 Å². The highest BCUT2D eigenvalue weighted by molar-refractivity contribution is 6.33. The van der Waals surface area contributed by atoms with Crippen molar-refractivity contribution in [1.29, 1.82) is 0 Å². The molecular weight excluding hydrogens is 633 g/mol. The summed E-state index contributed by atoms with van der Waals surface area (Å²) in [6.45, 7) is 10.3. The second-order valence-corrected chi connectivity index (χ2v) is 13.6. The van der Waals surface area contributed by atoms with Gasteiger partial charge in [-0.25, -0.2) is 28.7 Å². The molecule has 4 fully saturated rings. The zero-order valence-electron chi connectivity index (χ0n) is 26.8. The van der Waals surface area contributed by atoms with Gasteiger partial charge >= 0.3 is 5.69 Å². The van der Waals surface area contributed by atoms with Crippen molar-refractivity contribution in [3.63, 3.8) is 0 Å². The number of hydrogen-bond donors (Lipinski definition) is 1. The topological polar surface area (TPSA) is 112 Å². The van der Waals surface area contributed by atoms with Gasteiger partial charge in [-0.05, 0) is 56.9 Å². The minimum Gasteiger partial charge on any atom is -0.350 e. The largest absolute Gasteiger partial charge is 0.355 e. The lowest BCUT2D eigenvalue weighted by molar-refractivity contribution is -0.126. The third-order valence-corrected chi connectivity index (χ3v) is 10.1. The highest BCUT2D eigenvalue weighted by Crippen LogP contribution is 2.49. The Labute approximate surface area is 282 Å². The Kier molecular flexibility index (Phi) is 7.87. The van der Waals surface area contributed by atoms with Crippen LogP contribution in [-0.2, 0) is 4.79 Å². The van der Waals surface area contributed by atoms with E-state index in [1.54, 1.807) is 33.7 Å². The number of nitrogens with zero attached hydrogens (tertiary/aromatic N) is 8. The van der Waals surface area contributed by atoms with Crippen molar-refractivity contribution < 1.29 is 9.18 Å². The van der Waals surface area contributed by atoms with Gasteiger partial charge in [0.25, 0.3) is 0 Å². The summed E-state index contributed by atoms with van der Waals surface area (Å²) in [4.78, 5) is 53.0. The molecule has 2 saturated heterocycles. The van der Waals surface area contributed by atoms with Crippen LogP contribution in [0.3, 0.4) is 0 Å². The van der Waals surface area contributed by atoms with Gasteiger partial charge in [0.05, 0.1) is 33.2 Å². The smallest absolute Gasteiger partial charge is 0.350 e. The van der Waals surface area contributed by atoms with E-state index in [0.717, 1.165) is 63.3 Å². The van der Waals surface area contributed by atoms with E-state index in [1.807, 2.05) is 11.8 Å². The number of amides is 1. The molecule has 11 nitrogen and oxygen atoms in total. The molecule has 0 spiro atoms. The monoisotopic (exact) mass is 669 g/mol. The first-order valence-electron chi connectivity index (χ1n) is 16.8. The maximum Gasteiger partial charge on any atom is 0.355 e. The third-order valence-electron chi connectivity index (χ3n) is 9.79. The molecule has 5 heterocycles. The molecule has 8 rings (SSSR count). The van der Waals surface area contributed by atoms with Gasteiger partial charge in [-0.15, -0.1) is 0 Å². The summed E-state index contributed by atoms with van der Waals surface area (Å²) in [6, 6.07) is 7.93. The van der Waals surface area contributed by atoms with Crippen molar-refractivity contribution in [3.8, 4) is 16.9 Å². The van der Waals surface area contributed by atoms with Crippen LogP contribution < -0.4 is 20.8 Å². The molecule has 0 radical (unpaired) electrons. The summed E-state index contributed by atoms with van der Waals surface area (Å²) in [5, 5.41) is 4.20. The second-order valence-electron chi connectivity index (χ2n) is 13.2. The Balaban J connectivity index is 1.37. The predicted octanol–water partition coefficient (Wildman–Crippen LogP) is 4.42. The Bertz CT molecular complexity index is 1970. The van der Waals surface area contributed by atoms with E-state index in [4.69, 9.17) is 31.5 Å². The lowest BCUT2D eigenvalue weighted by atomic mass is 10.1. The van der Waals surface area contributed by atoms with Crippen molar-refractivity contribution in [2.45, 2.75) is 50.5 Å². The number of carbonyl (C=O) groups excluding carboxylic acids is 1. The molecule has 2 saturated carbocycles. The van der Waals surface area contributed by atoms with Gasteiger partial charge in [-0.3, -0.25) is 4.79 Å². The molecule has 248 valence electrons. The molecule has 2 aliphatic carbocycles. The molecule has 1 aromatic carbocycles. The van der Waals surface area contributed by atoms with Gasteiger partial charge in [-0.1, -0.05) is 30.3 Å². The highest BCUT2D eigenvalue weighted by atomic mass is 35.5. The average molecular weight is 670 g/mol. The Hall–Kier alpha value is -4.42. The summed E-state index contributed by atoms with van der Waals surface area (Å²) in [6.07, 6.45) is 5.20. The maximum absolute atomic E-state index is 15.2. The number of hydrogen-bond acceptors (Lipinski definition) is 9. The van der Waals surface area contributed by atoms with Crippen LogP contribution >= 0.6 is 11.6 Å². The summed E-state index contributed by atoms with van der Waals surface area (Å²) in [7, 11) is 0. The number of pyridine rings is 1. The molecule has 3 aromatic heterocycles. The Morgan fingerprint density at radius 1 is 1.00 bits per heavy atom. The van der Waals surface area contributed by atoms with Crippen molar-refractivity contribution in [2.75, 3.05) is 55.6 Å². The number of anilines is 2. The van der Waals surface area contributed by atoms with Crippen LogP contribution in [0.4, 0.5) is 16.2 Å². The molecule has 1 atom stereocenters. The van der Waals surface area contributed by atoms with Crippen LogP contribution in [0.15, 0.2) is 47.8 Å². The number of halogens is 2. The van der Waals surface area contributed by atoms with Crippen LogP contribution in [0.1, 0.15) is 55.8 Å². The average Bonchev–Trinajstić information content (AvgIpc) is 4.03. The zero-order chi connectivity index (χ0) is 33.1. The van der Waals surface area contributed by atoms with Crippen LogP contribution in [0.25, 0.3) is 28.0 Å². The van der Waals surface area contributed by atoms with E-state index in [-0.39, 0.29) is 40.1 Å². The summed E-state index contributed by atoms with van der Waals surface area (Å²) in [5.41, 5.74) is 2.62. The van der Waals surface area contributed by atoms with Gasteiger partial charge in [0, 0.05) is 69.3 Å². The standard InChI is InChI=1S/C35H37ClFN9O2/c1-3-27(47)44-16-17-45(20(2)19-44)32-24-18-25(36)30(23-6-4-5-7-26(23)37)39-33(24)46(35(48)42-32)31-28(21-8-9-21)40-34(41-29(31)22-10-11-22)43-14-12-38-13-15-43/h3-7,18,20-22,38H,1,8-17,19H2,2H3/t20-/m0/s1. The van der Waals surface area contributed by atoms with Gasteiger partial charge in [0.15, 0.2) is 5.65 Å². The summed E-state index contributed by atoms with van der Waals surface area (Å²) < 4.78 is 16.8. The van der Waals surface area contributed by atoms with Crippen molar-refractivity contribution in [2.24, 2.45) is 0 Å². The summed E-state index contributed by atoms with van der Waals surface area (Å²) >= 11 is 6.91. The number of fused-ring (bicyclic) bond motifs is 1. The number of nitrogens with one attached hydrogen (secondary N) is 1. The van der Waals surface area contributed by atoms with E-state index in [0.29, 0.717) is 48.1 Å². The molecular formula is C35H37ClFN9O2. The number of rotatable bonds is 7. The van der Waals surface area contributed by atoms with Gasteiger partial charge in [0.2, 0.25) is 11.9 Å². The van der Waals surface area contributed by atoms with Crippen LogP contribution in [0.5, 0.6) is 0 Å². The molecule has 0 bridgehead atoms. The first-order valence-corrected chi connectivity index (χ1v) is 17.1. The molecule has 0 unspecified atom stereocenters. The molecule has 1 N–H and O–H groups in total. The quantitative estimate of drug-likeness (QED) is 0.286. The summed E-state index contributed by atoms with van der Waals surface area (Å²) in [5.74, 6) is 0.911. The first kappa shape index (κ1) is 30.9. The van der Waals surface area contributed by atoms with E-state index in [1.165, 1.54) is 12.1 Å². The Morgan fingerprint density at radius 2 is 1.69 bits per heavy atom. The fourth-order valence-electron chi connectivity index (χ4n) is 6.97. The van der Waals surface area contributed by atoms with E-state index < -0.39 is 11.5 Å². The fourth-order valence-corrected chi connectivity index (χ4v) is 7.22. The van der Waals surface area contributed by atoms with Crippen molar-refractivity contribution >= 4 is 40.3 Å². The molecule has 48 heavy (non-hydrogen) atoms. The first-order chi connectivity index (χ1) is 23.3. The number of benzene rings is 1. The second kappa shape index (κ2) is 12.2. The van der Waals surface area contributed by atoms with E-state index >= 15 is 4.39 Å². The lowest BCUT2D eigenvalue weighted by Crippen LogP contribution is -2.54. The molecule has 4 aliphatic rings. The normalized spacial score (nSPS) is 20.0. The van der Waals surface area contributed by atoms with Gasteiger partial charge in [0.1, 0.15) is 11.6 Å². The van der Waals surface area contributed by atoms with Crippen molar-refractivity contribution in [3.05, 3.63) is 75.7 Å². The van der Waals surface area contributed by atoms with E-state index in [2.05, 4.69) is 16.8 Å². The van der Waals surface area contributed by atoms with Crippen LogP contribution in [-0.4, -0.2) is 87.2 Å². The fraction of sp³-hybridized carbons (Fsp3) is 0.429. The number of aromatic nitrogens is 5. The van der Waals surface area contributed by atoms with Gasteiger partial charge in [-0.2, -0.15) is 4.98 Å². The SMILES string of the molecule is C=CC(=O)N1CCN(c2nc(=O)n(-c3c(C4CC4)nc(N4CCNCC4)nc3C3CC3)c3nc(-c4ccccc4F)c(Cl)cc23)[C@@H](C)C1. The zero-order valence-corrected chi connectivity index (χ0v) is 27.6. The molecule has 4 aromatic rings. The van der Waals surface area contributed by atoms with E-state index in [9.17, 15) is 9.59 Å². The predicted molar refractivity (Wildman–Crippen MR) is 184 cm³/mol. The minimum atomic E-state index is -0.508. The lowest BCUT2D eigenvalue weighted by Gasteiger charge is -2.40. The molecule has 13 heteroatoms. The minimum absolute atomic E-state index is 0.140. The highest BCUT2D eigenvalue weighted by Gasteiger charge is 2.39. The number of carbonyl (C=O) groups is 1. The molecule has 1 amide bonds. The Morgan fingerprint density at radius 3 is 2.31 bits per heavy atom. The maximum atomic E-state index is 15.2. The van der Waals surface area contributed by atoms with Gasteiger partial charge < -0.3 is 20.0 Å².